The number of amides is 1. The number of aromatic nitrogens is 2. The molecule has 8 nitrogen and oxygen atoms in total. The molecule has 0 bridgehead atoms. The number of hydrogen-bond donors (Lipinski definition) is 4. The van der Waals surface area contributed by atoms with Crippen LogP contribution in [0.15, 0.2) is 29.2 Å². The summed E-state index contributed by atoms with van der Waals surface area (Å²) in [6.45, 7) is 1.66. The molecule has 0 aliphatic carbocycles. The second kappa shape index (κ2) is 7.31. The van der Waals surface area contributed by atoms with Crippen LogP contribution in [0.2, 0.25) is 0 Å². The number of halogens is 1. The van der Waals surface area contributed by atoms with Gasteiger partial charge < -0.3 is 10.6 Å². The lowest BCUT2D eigenvalue weighted by Gasteiger charge is -2.13. The Bertz CT molecular complexity index is 850. The van der Waals surface area contributed by atoms with Crippen LogP contribution in [-0.2, 0) is 29.5 Å². The molecule has 1 aliphatic rings. The van der Waals surface area contributed by atoms with Crippen LogP contribution in [0.25, 0.3) is 0 Å². The van der Waals surface area contributed by atoms with Gasteiger partial charge in [0, 0.05) is 37.3 Å². The van der Waals surface area contributed by atoms with Crippen LogP contribution in [0.3, 0.4) is 0 Å². The Balaban J connectivity index is 0.00000208. The first-order valence-corrected chi connectivity index (χ1v) is 8.66. The van der Waals surface area contributed by atoms with E-state index >= 15 is 0 Å². The summed E-state index contributed by atoms with van der Waals surface area (Å²) >= 11 is 0. The third-order valence-electron chi connectivity index (χ3n) is 3.70. The number of aromatic amines is 1. The van der Waals surface area contributed by atoms with Gasteiger partial charge in [-0.3, -0.25) is 9.89 Å². The molecule has 2 heterocycles. The summed E-state index contributed by atoms with van der Waals surface area (Å²) in [5, 5.41) is 18.0. The van der Waals surface area contributed by atoms with Crippen LogP contribution in [0.1, 0.15) is 27.3 Å². The lowest BCUT2D eigenvalue weighted by molar-refractivity contribution is 0.0944. The quantitative estimate of drug-likeness (QED) is 0.603. The summed E-state index contributed by atoms with van der Waals surface area (Å²) in [5.74, 6) is -0.299. The number of sulfonamides is 1. The van der Waals surface area contributed by atoms with Crippen LogP contribution < -0.4 is 15.8 Å². The van der Waals surface area contributed by atoms with E-state index in [4.69, 9.17) is 5.14 Å². The fraction of sp³-hybridized carbons (Fsp3) is 0.286. The van der Waals surface area contributed by atoms with Gasteiger partial charge in [0.15, 0.2) is 5.69 Å². The minimum atomic E-state index is -3.76. The van der Waals surface area contributed by atoms with E-state index in [0.29, 0.717) is 17.8 Å². The Morgan fingerprint density at radius 3 is 2.92 bits per heavy atom. The second-order valence-electron chi connectivity index (χ2n) is 5.33. The molecule has 3 rings (SSSR count). The molecule has 1 aromatic carbocycles. The minimum Gasteiger partial charge on any atom is -0.347 e. The average Bonchev–Trinajstić information content (AvgIpc) is 2.96. The van der Waals surface area contributed by atoms with Crippen molar-refractivity contribution in [1.82, 2.24) is 20.8 Å². The molecule has 0 saturated heterocycles. The number of H-pyrrole nitrogens is 1. The Labute approximate surface area is 145 Å². The first-order chi connectivity index (χ1) is 10.9. The number of nitrogens with one attached hydrogen (secondary N) is 3. The molecular formula is C14H18ClN5O3S. The van der Waals surface area contributed by atoms with Crippen molar-refractivity contribution in [2.75, 3.05) is 6.54 Å². The van der Waals surface area contributed by atoms with Crippen molar-refractivity contribution in [2.45, 2.75) is 24.4 Å². The van der Waals surface area contributed by atoms with Crippen LogP contribution in [-0.4, -0.2) is 31.1 Å². The van der Waals surface area contributed by atoms with Crippen molar-refractivity contribution in [3.63, 3.8) is 0 Å². The number of hydrogen-bond acceptors (Lipinski definition) is 5. The first-order valence-electron chi connectivity index (χ1n) is 7.12. The standard InChI is InChI=1S/C14H17N5O3S.ClH/c15-23(21,22)10-3-1-2-9(6-10)7-17-14(20)13-11-8-16-5-4-12(11)18-19-13;/h1-3,6,16H,4-5,7-8H2,(H,17,20)(H,18,19)(H2,15,21,22);1H. The monoisotopic (exact) mass is 371 g/mol. The third-order valence-corrected chi connectivity index (χ3v) is 4.61. The number of primary sulfonamides is 1. The van der Waals surface area contributed by atoms with E-state index in [1.807, 2.05) is 0 Å². The molecule has 0 atom stereocenters. The molecule has 130 valence electrons. The SMILES string of the molecule is Cl.NS(=O)(=O)c1cccc(CNC(=O)c2n[nH]c3c2CNCC3)c1. The van der Waals surface area contributed by atoms with Crippen LogP contribution in [0.4, 0.5) is 0 Å². The highest BCUT2D eigenvalue weighted by Gasteiger charge is 2.21. The highest BCUT2D eigenvalue weighted by atomic mass is 35.5. The first kappa shape index (κ1) is 18.4. The summed E-state index contributed by atoms with van der Waals surface area (Å²) < 4.78 is 22.7. The summed E-state index contributed by atoms with van der Waals surface area (Å²) in [6, 6.07) is 6.16. The van der Waals surface area contributed by atoms with Gasteiger partial charge in [-0.1, -0.05) is 12.1 Å². The highest BCUT2D eigenvalue weighted by molar-refractivity contribution is 7.89. The Hall–Kier alpha value is -1.94. The van der Waals surface area contributed by atoms with Gasteiger partial charge in [-0.15, -0.1) is 12.4 Å². The van der Waals surface area contributed by atoms with Crippen molar-refractivity contribution in [2.24, 2.45) is 5.14 Å². The van der Waals surface area contributed by atoms with E-state index in [2.05, 4.69) is 20.8 Å². The molecule has 10 heteroatoms. The lowest BCUT2D eigenvalue weighted by Crippen LogP contribution is -2.28. The number of rotatable bonds is 4. The number of fused-ring (bicyclic) bond motifs is 1. The fourth-order valence-electron chi connectivity index (χ4n) is 2.51. The van der Waals surface area contributed by atoms with Gasteiger partial charge >= 0.3 is 0 Å². The Morgan fingerprint density at radius 1 is 1.38 bits per heavy atom. The van der Waals surface area contributed by atoms with Gasteiger partial charge in [-0.25, -0.2) is 13.6 Å². The normalized spacial score (nSPS) is 13.7. The molecule has 0 saturated carbocycles. The third kappa shape index (κ3) is 3.93. The van der Waals surface area contributed by atoms with E-state index < -0.39 is 10.0 Å². The molecule has 1 amide bonds. The van der Waals surface area contributed by atoms with E-state index in [1.54, 1.807) is 12.1 Å². The smallest absolute Gasteiger partial charge is 0.272 e. The summed E-state index contributed by atoms with van der Waals surface area (Å²) in [5.41, 5.74) is 2.87. The Morgan fingerprint density at radius 2 is 2.17 bits per heavy atom. The van der Waals surface area contributed by atoms with Gasteiger partial charge in [0.2, 0.25) is 10.0 Å². The molecule has 24 heavy (non-hydrogen) atoms. The molecule has 0 unspecified atom stereocenters. The zero-order chi connectivity index (χ0) is 16.4. The number of nitrogens with zero attached hydrogens (tertiary/aromatic N) is 1. The van der Waals surface area contributed by atoms with Gasteiger partial charge in [0.1, 0.15) is 0 Å². The van der Waals surface area contributed by atoms with Crippen molar-refractivity contribution in [1.29, 1.82) is 0 Å². The molecule has 2 aromatic rings. The molecule has 1 aromatic heterocycles. The summed E-state index contributed by atoms with van der Waals surface area (Å²) in [4.78, 5) is 12.3. The van der Waals surface area contributed by atoms with Crippen molar-refractivity contribution < 1.29 is 13.2 Å². The molecular weight excluding hydrogens is 354 g/mol. The Kier molecular flexibility index (Phi) is 5.60. The number of benzene rings is 1. The van der Waals surface area contributed by atoms with Crippen molar-refractivity contribution in [3.05, 3.63) is 46.8 Å². The zero-order valence-electron chi connectivity index (χ0n) is 12.7. The molecule has 1 aliphatic heterocycles. The van der Waals surface area contributed by atoms with E-state index in [0.717, 1.165) is 24.2 Å². The van der Waals surface area contributed by atoms with E-state index in [-0.39, 0.29) is 29.8 Å². The average molecular weight is 372 g/mol. The maximum absolute atomic E-state index is 12.3. The van der Waals surface area contributed by atoms with Gasteiger partial charge in [-0.2, -0.15) is 5.10 Å². The number of carbonyl (C=O) groups is 1. The van der Waals surface area contributed by atoms with Crippen LogP contribution >= 0.6 is 12.4 Å². The molecule has 0 radical (unpaired) electrons. The second-order valence-corrected chi connectivity index (χ2v) is 6.89. The minimum absolute atomic E-state index is 0. The van der Waals surface area contributed by atoms with E-state index in [1.165, 1.54) is 12.1 Å². The van der Waals surface area contributed by atoms with Crippen molar-refractivity contribution in [3.8, 4) is 0 Å². The fourth-order valence-corrected chi connectivity index (χ4v) is 3.10. The number of nitrogens with two attached hydrogens (primary N) is 1. The van der Waals surface area contributed by atoms with Gasteiger partial charge in [0.25, 0.3) is 5.91 Å². The lowest BCUT2D eigenvalue weighted by atomic mass is 10.1. The van der Waals surface area contributed by atoms with Gasteiger partial charge in [-0.05, 0) is 17.7 Å². The molecule has 5 N–H and O–H groups in total. The van der Waals surface area contributed by atoms with E-state index in [9.17, 15) is 13.2 Å². The predicted octanol–water partition coefficient (Wildman–Crippen LogP) is 0.0546. The summed E-state index contributed by atoms with van der Waals surface area (Å²) in [6.07, 6.45) is 0.812. The molecule has 0 spiro atoms. The zero-order valence-corrected chi connectivity index (χ0v) is 14.3. The largest absolute Gasteiger partial charge is 0.347 e. The van der Waals surface area contributed by atoms with Crippen LogP contribution in [0, 0.1) is 0 Å². The topological polar surface area (TPSA) is 130 Å². The van der Waals surface area contributed by atoms with Crippen molar-refractivity contribution >= 4 is 28.3 Å². The van der Waals surface area contributed by atoms with Crippen LogP contribution in [0.5, 0.6) is 0 Å². The number of carbonyl (C=O) groups excluding carboxylic acids is 1. The highest BCUT2D eigenvalue weighted by Crippen LogP contribution is 2.15. The molecule has 0 fully saturated rings. The van der Waals surface area contributed by atoms with Gasteiger partial charge in [0.05, 0.1) is 4.90 Å². The maximum atomic E-state index is 12.3. The summed E-state index contributed by atoms with van der Waals surface area (Å²) in [7, 11) is -3.76. The predicted molar refractivity (Wildman–Crippen MR) is 90.2 cm³/mol. The maximum Gasteiger partial charge on any atom is 0.272 e.